The molecule has 0 unspecified atom stereocenters. The van der Waals surface area contributed by atoms with Crippen LogP contribution in [-0.2, 0) is 9.59 Å². The molecule has 3 rings (SSSR count). The number of hydrogen-bond acceptors (Lipinski definition) is 3. The van der Waals surface area contributed by atoms with Gasteiger partial charge in [0.15, 0.2) is 0 Å². The van der Waals surface area contributed by atoms with E-state index in [2.05, 4.69) is 4.90 Å². The van der Waals surface area contributed by atoms with E-state index in [1.54, 1.807) is 0 Å². The van der Waals surface area contributed by atoms with E-state index in [4.69, 9.17) is 0 Å². The number of aliphatic carboxylic acids is 1. The second-order valence-corrected chi connectivity index (χ2v) is 7.70. The van der Waals surface area contributed by atoms with Crippen LogP contribution in [-0.4, -0.2) is 58.5 Å². The number of amides is 1. The van der Waals surface area contributed by atoms with Crippen molar-refractivity contribution >= 4 is 11.9 Å². The van der Waals surface area contributed by atoms with Gasteiger partial charge in [0.2, 0.25) is 5.91 Å². The number of nitrogens with zero attached hydrogens (tertiary/aromatic N) is 2. The minimum atomic E-state index is -0.737. The summed E-state index contributed by atoms with van der Waals surface area (Å²) >= 11 is 0. The molecule has 2 aliphatic heterocycles. The van der Waals surface area contributed by atoms with E-state index in [9.17, 15) is 14.7 Å². The monoisotopic (exact) mass is 322 g/mol. The highest BCUT2D eigenvalue weighted by atomic mass is 16.4. The van der Waals surface area contributed by atoms with Gasteiger partial charge in [0.05, 0.1) is 5.41 Å². The van der Waals surface area contributed by atoms with Gasteiger partial charge < -0.3 is 10.0 Å². The first-order chi connectivity index (χ1) is 11.0. The molecule has 3 fully saturated rings. The van der Waals surface area contributed by atoms with Crippen molar-refractivity contribution in [3.8, 4) is 0 Å². The van der Waals surface area contributed by atoms with E-state index in [-0.39, 0.29) is 11.4 Å². The Morgan fingerprint density at radius 1 is 0.957 bits per heavy atom. The Morgan fingerprint density at radius 2 is 1.61 bits per heavy atom. The van der Waals surface area contributed by atoms with E-state index in [1.165, 1.54) is 12.8 Å². The minimum Gasteiger partial charge on any atom is -0.481 e. The van der Waals surface area contributed by atoms with Gasteiger partial charge in [-0.1, -0.05) is 19.8 Å². The molecule has 1 atom stereocenters. The van der Waals surface area contributed by atoms with Crippen LogP contribution in [0, 0.1) is 5.41 Å². The van der Waals surface area contributed by atoms with Gasteiger partial charge in [0, 0.05) is 13.1 Å². The molecule has 1 amide bonds. The summed E-state index contributed by atoms with van der Waals surface area (Å²) in [5, 5.41) is 9.68. The topological polar surface area (TPSA) is 60.9 Å². The number of likely N-dealkylation sites (tertiary alicyclic amines) is 2. The minimum absolute atomic E-state index is 0.218. The molecule has 23 heavy (non-hydrogen) atoms. The summed E-state index contributed by atoms with van der Waals surface area (Å²) in [5.74, 6) is -0.519. The number of carboxylic acids is 1. The molecule has 0 aromatic heterocycles. The zero-order valence-corrected chi connectivity index (χ0v) is 14.4. The maximum Gasteiger partial charge on any atom is 0.311 e. The maximum absolute atomic E-state index is 13.4. The molecule has 5 nitrogen and oxygen atoms in total. The second kappa shape index (κ2) is 6.42. The van der Waals surface area contributed by atoms with E-state index < -0.39 is 11.4 Å². The molecule has 2 saturated heterocycles. The number of hydrogen-bond donors (Lipinski definition) is 1. The van der Waals surface area contributed by atoms with Crippen molar-refractivity contribution in [3.05, 3.63) is 0 Å². The third kappa shape index (κ3) is 2.77. The molecule has 0 spiro atoms. The number of piperidine rings is 1. The van der Waals surface area contributed by atoms with Gasteiger partial charge in [0.25, 0.3) is 0 Å². The van der Waals surface area contributed by atoms with Crippen LogP contribution in [0.25, 0.3) is 0 Å². The zero-order valence-electron chi connectivity index (χ0n) is 14.4. The van der Waals surface area contributed by atoms with Gasteiger partial charge in [-0.2, -0.15) is 0 Å². The zero-order chi connectivity index (χ0) is 16.5. The van der Waals surface area contributed by atoms with E-state index >= 15 is 0 Å². The molecule has 3 aliphatic rings. The summed E-state index contributed by atoms with van der Waals surface area (Å²) < 4.78 is 0. The highest BCUT2D eigenvalue weighted by Gasteiger charge is 2.51. The summed E-state index contributed by atoms with van der Waals surface area (Å²) in [6.45, 7) is 5.11. The van der Waals surface area contributed by atoms with Gasteiger partial charge in [-0.3, -0.25) is 14.5 Å². The largest absolute Gasteiger partial charge is 0.481 e. The van der Waals surface area contributed by atoms with E-state index in [0.717, 1.165) is 51.7 Å². The lowest BCUT2D eigenvalue weighted by atomic mass is 9.77. The normalized spacial score (nSPS) is 31.4. The first kappa shape index (κ1) is 16.7. The standard InChI is InChI=1S/C18H30N2O3/c1-2-17(16(22)23)8-7-11-19(14-17)15(21)18(9-3-4-10-18)20-12-5-6-13-20/h2-14H2,1H3,(H,22,23)/t17-/m0/s1. The molecule has 1 aliphatic carbocycles. The lowest BCUT2D eigenvalue weighted by molar-refractivity contribution is -0.158. The molecule has 1 saturated carbocycles. The van der Waals surface area contributed by atoms with Crippen LogP contribution >= 0.6 is 0 Å². The SMILES string of the molecule is CC[C@]1(C(=O)O)CCCN(C(=O)C2(N3CCCC3)CCCC2)C1. The molecule has 2 heterocycles. The van der Waals surface area contributed by atoms with Crippen LogP contribution in [0.4, 0.5) is 0 Å². The summed E-state index contributed by atoms with van der Waals surface area (Å²) in [5.41, 5.74) is -1.06. The fraction of sp³-hybridized carbons (Fsp3) is 0.889. The van der Waals surface area contributed by atoms with Gasteiger partial charge in [-0.25, -0.2) is 0 Å². The first-order valence-corrected chi connectivity index (χ1v) is 9.32. The quantitative estimate of drug-likeness (QED) is 0.864. The average Bonchev–Trinajstić information content (AvgIpc) is 3.25. The Morgan fingerprint density at radius 3 is 2.17 bits per heavy atom. The fourth-order valence-corrected chi connectivity index (χ4v) is 4.98. The summed E-state index contributed by atoms with van der Waals surface area (Å²) in [7, 11) is 0. The highest BCUT2D eigenvalue weighted by molar-refractivity contribution is 5.88. The van der Waals surface area contributed by atoms with E-state index in [0.29, 0.717) is 19.4 Å². The van der Waals surface area contributed by atoms with Gasteiger partial charge in [0.1, 0.15) is 5.54 Å². The number of carbonyl (C=O) groups excluding carboxylic acids is 1. The molecule has 0 aromatic carbocycles. The predicted octanol–water partition coefficient (Wildman–Crippen LogP) is 2.50. The molecule has 130 valence electrons. The Hall–Kier alpha value is -1.10. The van der Waals surface area contributed by atoms with Crippen molar-refractivity contribution < 1.29 is 14.7 Å². The molecule has 5 heteroatoms. The third-order valence-electron chi connectivity index (χ3n) is 6.53. The molecule has 0 aromatic rings. The van der Waals surface area contributed by atoms with Crippen molar-refractivity contribution in [3.63, 3.8) is 0 Å². The van der Waals surface area contributed by atoms with Crippen molar-refractivity contribution in [1.29, 1.82) is 0 Å². The van der Waals surface area contributed by atoms with Crippen LogP contribution in [0.15, 0.2) is 0 Å². The Labute approximate surface area is 139 Å². The second-order valence-electron chi connectivity index (χ2n) is 7.70. The molecule has 0 radical (unpaired) electrons. The van der Waals surface area contributed by atoms with Crippen LogP contribution in [0.2, 0.25) is 0 Å². The van der Waals surface area contributed by atoms with E-state index in [1.807, 2.05) is 11.8 Å². The summed E-state index contributed by atoms with van der Waals surface area (Å²) in [6.07, 6.45) is 8.61. The lowest BCUT2D eigenvalue weighted by Crippen LogP contribution is -2.61. The summed E-state index contributed by atoms with van der Waals surface area (Å²) in [6, 6.07) is 0. The highest BCUT2D eigenvalue weighted by Crippen LogP contribution is 2.41. The molecule has 1 N–H and O–H groups in total. The molecular formula is C18H30N2O3. The van der Waals surface area contributed by atoms with Crippen molar-refractivity contribution in [2.75, 3.05) is 26.2 Å². The average molecular weight is 322 g/mol. The van der Waals surface area contributed by atoms with Gasteiger partial charge in [-0.15, -0.1) is 0 Å². The van der Waals surface area contributed by atoms with Crippen LogP contribution < -0.4 is 0 Å². The van der Waals surface area contributed by atoms with Gasteiger partial charge >= 0.3 is 5.97 Å². The Balaban J connectivity index is 1.81. The van der Waals surface area contributed by atoms with Crippen molar-refractivity contribution in [2.45, 2.75) is 70.3 Å². The Kier molecular flexibility index (Phi) is 4.68. The van der Waals surface area contributed by atoms with Crippen LogP contribution in [0.1, 0.15) is 64.7 Å². The van der Waals surface area contributed by atoms with Crippen LogP contribution in [0.5, 0.6) is 0 Å². The number of carbonyl (C=O) groups is 2. The van der Waals surface area contributed by atoms with Crippen molar-refractivity contribution in [1.82, 2.24) is 9.80 Å². The first-order valence-electron chi connectivity index (χ1n) is 9.32. The molecule has 0 bridgehead atoms. The molecular weight excluding hydrogens is 292 g/mol. The van der Waals surface area contributed by atoms with Crippen molar-refractivity contribution in [2.24, 2.45) is 5.41 Å². The van der Waals surface area contributed by atoms with Crippen LogP contribution in [0.3, 0.4) is 0 Å². The fourth-order valence-electron chi connectivity index (χ4n) is 4.98. The Bertz CT molecular complexity index is 467. The smallest absolute Gasteiger partial charge is 0.311 e. The lowest BCUT2D eigenvalue weighted by Gasteiger charge is -2.45. The predicted molar refractivity (Wildman–Crippen MR) is 88.2 cm³/mol. The third-order valence-corrected chi connectivity index (χ3v) is 6.53. The summed E-state index contributed by atoms with van der Waals surface area (Å²) in [4.78, 5) is 29.5. The maximum atomic E-state index is 13.4. The number of rotatable bonds is 4. The number of carboxylic acid groups (broad SMARTS) is 1. The van der Waals surface area contributed by atoms with Gasteiger partial charge in [-0.05, 0) is 58.0 Å².